The Labute approximate surface area is 124 Å². The van der Waals surface area contributed by atoms with E-state index in [4.69, 9.17) is 10.00 Å². The van der Waals surface area contributed by atoms with E-state index in [1.807, 2.05) is 24.3 Å². The first-order valence-corrected chi connectivity index (χ1v) is 7.33. The molecule has 0 saturated carbocycles. The summed E-state index contributed by atoms with van der Waals surface area (Å²) >= 11 is 5.11. The third-order valence-electron chi connectivity index (χ3n) is 2.49. The number of nitriles is 1. The van der Waals surface area contributed by atoms with Crippen LogP contribution in [0.3, 0.4) is 0 Å². The molecule has 96 valence electrons. The van der Waals surface area contributed by atoms with E-state index in [2.05, 4.69) is 27.0 Å². The van der Waals surface area contributed by atoms with Crippen molar-refractivity contribution in [2.45, 2.75) is 10.8 Å². The van der Waals surface area contributed by atoms with Crippen molar-refractivity contribution in [3.8, 4) is 11.8 Å². The van der Waals surface area contributed by atoms with Crippen LogP contribution < -0.4 is 4.74 Å². The van der Waals surface area contributed by atoms with E-state index < -0.39 is 0 Å². The number of ether oxygens (including phenoxy) is 1. The van der Waals surface area contributed by atoms with Crippen molar-refractivity contribution in [1.82, 2.24) is 4.98 Å². The van der Waals surface area contributed by atoms with Gasteiger partial charge in [0.05, 0.1) is 12.7 Å². The zero-order valence-corrected chi connectivity index (χ0v) is 12.7. The molecular formula is C14H11BrN2OS. The minimum Gasteiger partial charge on any atom is -0.495 e. The molecule has 0 bridgehead atoms. The van der Waals surface area contributed by atoms with Crippen LogP contribution in [0.5, 0.6) is 5.75 Å². The number of hydrogen-bond acceptors (Lipinski definition) is 4. The fourth-order valence-electron chi connectivity index (χ4n) is 1.55. The summed E-state index contributed by atoms with van der Waals surface area (Å²) in [7, 11) is 1.57. The lowest BCUT2D eigenvalue weighted by Crippen LogP contribution is -1.90. The number of hydrogen-bond donors (Lipinski definition) is 0. The van der Waals surface area contributed by atoms with E-state index in [1.165, 1.54) is 0 Å². The smallest absolute Gasteiger partial charge is 0.136 e. The molecule has 2 aromatic rings. The van der Waals surface area contributed by atoms with E-state index in [-0.39, 0.29) is 0 Å². The van der Waals surface area contributed by atoms with Crippen molar-refractivity contribution in [3.63, 3.8) is 0 Å². The number of nitrogens with zero attached hydrogens (tertiary/aromatic N) is 2. The second-order valence-electron chi connectivity index (χ2n) is 3.73. The second kappa shape index (κ2) is 6.60. The molecule has 5 heteroatoms. The van der Waals surface area contributed by atoms with Gasteiger partial charge in [-0.1, -0.05) is 6.07 Å². The average Bonchev–Trinajstić information content (AvgIpc) is 2.46. The molecule has 0 saturated heterocycles. The average molecular weight is 335 g/mol. The van der Waals surface area contributed by atoms with Crippen molar-refractivity contribution >= 4 is 27.7 Å². The Morgan fingerprint density at radius 2 is 2.26 bits per heavy atom. The first-order valence-electron chi connectivity index (χ1n) is 5.55. The van der Waals surface area contributed by atoms with Gasteiger partial charge in [-0.05, 0) is 45.8 Å². The van der Waals surface area contributed by atoms with Gasteiger partial charge in [0.1, 0.15) is 16.8 Å². The Kier molecular flexibility index (Phi) is 4.83. The molecule has 0 radical (unpaired) electrons. The summed E-state index contributed by atoms with van der Waals surface area (Å²) in [6, 6.07) is 11.6. The van der Waals surface area contributed by atoms with Gasteiger partial charge in [-0.2, -0.15) is 5.26 Å². The van der Waals surface area contributed by atoms with Crippen LogP contribution in [0, 0.1) is 11.3 Å². The third kappa shape index (κ3) is 3.49. The molecule has 0 aliphatic rings. The Morgan fingerprint density at radius 3 is 2.95 bits per heavy atom. The van der Waals surface area contributed by atoms with Crippen LogP contribution in [-0.4, -0.2) is 12.1 Å². The quantitative estimate of drug-likeness (QED) is 0.792. The number of thioether (sulfide) groups is 1. The number of rotatable bonds is 4. The molecule has 0 amide bonds. The lowest BCUT2D eigenvalue weighted by molar-refractivity contribution is 0.413. The first kappa shape index (κ1) is 13.9. The Morgan fingerprint density at radius 1 is 1.42 bits per heavy atom. The number of pyridine rings is 1. The normalized spacial score (nSPS) is 9.95. The van der Waals surface area contributed by atoms with Crippen molar-refractivity contribution in [1.29, 1.82) is 5.26 Å². The number of aromatic nitrogens is 1. The van der Waals surface area contributed by atoms with Crippen LogP contribution in [-0.2, 0) is 5.75 Å². The van der Waals surface area contributed by atoms with Crippen LogP contribution >= 0.6 is 27.7 Å². The highest BCUT2D eigenvalue weighted by molar-refractivity contribution is 9.10. The van der Waals surface area contributed by atoms with Gasteiger partial charge in [-0.25, -0.2) is 4.98 Å². The molecule has 0 unspecified atom stereocenters. The summed E-state index contributed by atoms with van der Waals surface area (Å²) in [5, 5.41) is 9.88. The molecule has 0 aliphatic heterocycles. The molecule has 1 aromatic carbocycles. The molecule has 1 heterocycles. The molecule has 2 rings (SSSR count). The van der Waals surface area contributed by atoms with Crippen LogP contribution in [0.1, 0.15) is 11.1 Å². The highest BCUT2D eigenvalue weighted by Crippen LogP contribution is 2.29. The largest absolute Gasteiger partial charge is 0.495 e. The number of benzene rings is 1. The lowest BCUT2D eigenvalue weighted by atomic mass is 10.1. The molecule has 3 nitrogen and oxygen atoms in total. The van der Waals surface area contributed by atoms with Crippen molar-refractivity contribution in [3.05, 3.63) is 52.1 Å². The zero-order valence-electron chi connectivity index (χ0n) is 10.3. The Hall–Kier alpha value is -1.51. The summed E-state index contributed by atoms with van der Waals surface area (Å²) in [5.41, 5.74) is 1.65. The monoisotopic (exact) mass is 334 g/mol. The van der Waals surface area contributed by atoms with Crippen molar-refractivity contribution in [2.24, 2.45) is 0 Å². The minimum atomic E-state index is 0.551. The minimum absolute atomic E-state index is 0.551. The molecule has 0 spiro atoms. The SMILES string of the molecule is COc1cc(CSc2ncccc2Br)ccc1C#N. The lowest BCUT2D eigenvalue weighted by Gasteiger charge is -2.06. The summed E-state index contributed by atoms with van der Waals surface area (Å²) < 4.78 is 6.18. The summed E-state index contributed by atoms with van der Waals surface area (Å²) in [5.74, 6) is 1.39. The molecule has 19 heavy (non-hydrogen) atoms. The van der Waals surface area contributed by atoms with Crippen molar-refractivity contribution in [2.75, 3.05) is 7.11 Å². The fraction of sp³-hybridized carbons (Fsp3) is 0.143. The maximum atomic E-state index is 8.93. The van der Waals surface area contributed by atoms with Crippen LogP contribution in [0.25, 0.3) is 0 Å². The molecule has 0 aliphatic carbocycles. The highest BCUT2D eigenvalue weighted by Gasteiger charge is 2.06. The maximum absolute atomic E-state index is 8.93. The van der Waals surface area contributed by atoms with E-state index in [1.54, 1.807) is 31.1 Å². The third-order valence-corrected chi connectivity index (χ3v) is 4.47. The zero-order chi connectivity index (χ0) is 13.7. The van der Waals surface area contributed by atoms with E-state index in [0.29, 0.717) is 11.3 Å². The van der Waals surface area contributed by atoms with Crippen LogP contribution in [0.4, 0.5) is 0 Å². The van der Waals surface area contributed by atoms with Gasteiger partial charge in [0, 0.05) is 16.4 Å². The van der Waals surface area contributed by atoms with Gasteiger partial charge in [0.15, 0.2) is 0 Å². The maximum Gasteiger partial charge on any atom is 0.136 e. The van der Waals surface area contributed by atoms with E-state index >= 15 is 0 Å². The summed E-state index contributed by atoms with van der Waals surface area (Å²) in [6.07, 6.45) is 1.77. The molecular weight excluding hydrogens is 324 g/mol. The van der Waals surface area contributed by atoms with Gasteiger partial charge in [-0.3, -0.25) is 0 Å². The van der Waals surface area contributed by atoms with Gasteiger partial charge in [0.2, 0.25) is 0 Å². The second-order valence-corrected chi connectivity index (χ2v) is 5.54. The van der Waals surface area contributed by atoms with Crippen LogP contribution in [0.15, 0.2) is 46.0 Å². The standard InChI is InChI=1S/C14H11BrN2OS/c1-18-13-7-10(4-5-11(13)8-16)9-19-14-12(15)3-2-6-17-14/h2-7H,9H2,1H3. The Balaban J connectivity index is 2.13. The summed E-state index contributed by atoms with van der Waals surface area (Å²) in [6.45, 7) is 0. The predicted octanol–water partition coefficient (Wildman–Crippen LogP) is 4.02. The highest BCUT2D eigenvalue weighted by atomic mass is 79.9. The van der Waals surface area contributed by atoms with Crippen LogP contribution in [0.2, 0.25) is 0 Å². The van der Waals surface area contributed by atoms with E-state index in [9.17, 15) is 0 Å². The fourth-order valence-corrected chi connectivity index (χ4v) is 2.97. The number of halogens is 1. The Bertz CT molecular complexity index is 625. The van der Waals surface area contributed by atoms with Gasteiger partial charge in [0.25, 0.3) is 0 Å². The molecule has 0 atom stereocenters. The van der Waals surface area contributed by atoms with E-state index in [0.717, 1.165) is 20.8 Å². The molecule has 1 aromatic heterocycles. The topological polar surface area (TPSA) is 45.9 Å². The number of methoxy groups -OCH3 is 1. The first-order chi connectivity index (χ1) is 9.24. The molecule has 0 fully saturated rings. The summed E-state index contributed by atoms with van der Waals surface area (Å²) in [4.78, 5) is 4.30. The predicted molar refractivity (Wildman–Crippen MR) is 79.2 cm³/mol. The van der Waals surface area contributed by atoms with Gasteiger partial charge in [-0.15, -0.1) is 11.8 Å². The van der Waals surface area contributed by atoms with Gasteiger partial charge < -0.3 is 4.74 Å². The molecule has 0 N–H and O–H groups in total. The van der Waals surface area contributed by atoms with Crippen molar-refractivity contribution < 1.29 is 4.74 Å². The van der Waals surface area contributed by atoms with Gasteiger partial charge >= 0.3 is 0 Å².